The van der Waals surface area contributed by atoms with Gasteiger partial charge >= 0.3 is 18.0 Å². The topological polar surface area (TPSA) is 255 Å². The molecule has 20 heteroatoms. The van der Waals surface area contributed by atoms with Gasteiger partial charge in [0.05, 0.1) is 11.5 Å². The van der Waals surface area contributed by atoms with Crippen molar-refractivity contribution >= 4 is 64.6 Å². The maximum Gasteiger partial charge on any atom is 0.408 e. The summed E-state index contributed by atoms with van der Waals surface area (Å²) in [5, 5.41) is 25.7. The third kappa shape index (κ3) is 17.6. The van der Waals surface area contributed by atoms with Crippen molar-refractivity contribution in [2.75, 3.05) is 26.0 Å². The largest absolute Gasteiger partial charge is 0.481 e. The molecule has 1 aliphatic rings. The quantitative estimate of drug-likeness (QED) is 0.0653. The van der Waals surface area contributed by atoms with Gasteiger partial charge in [0.25, 0.3) is 5.91 Å². The Labute approximate surface area is 423 Å². The van der Waals surface area contributed by atoms with Gasteiger partial charge in [-0.15, -0.1) is 11.3 Å². The van der Waals surface area contributed by atoms with Crippen LogP contribution in [0.25, 0.3) is 0 Å². The fraction of sp³-hybridized carbons (Fsp3) is 0.667. The van der Waals surface area contributed by atoms with Crippen LogP contribution < -0.4 is 26.6 Å². The maximum atomic E-state index is 14.4. The number of nitrogens with zero attached hydrogens (tertiary/aromatic N) is 3. The van der Waals surface area contributed by atoms with Crippen molar-refractivity contribution in [3.8, 4) is 0 Å². The Kier molecular flexibility index (Phi) is 22.0. The molecular formula is C51H80N8O11S. The summed E-state index contributed by atoms with van der Waals surface area (Å²) in [6, 6.07) is 2.90. The normalized spacial score (nSPS) is 18.4. The van der Waals surface area contributed by atoms with E-state index in [4.69, 9.17) is 9.47 Å². The Balaban J connectivity index is 1.76. The van der Waals surface area contributed by atoms with Crippen molar-refractivity contribution < 1.29 is 52.9 Å². The van der Waals surface area contributed by atoms with Crippen LogP contribution in [0.15, 0.2) is 29.6 Å². The lowest BCUT2D eigenvalue weighted by Gasteiger charge is -2.38. The first kappa shape index (κ1) is 59.7. The van der Waals surface area contributed by atoms with E-state index in [1.165, 1.54) is 19.2 Å². The van der Waals surface area contributed by atoms with Crippen LogP contribution in [-0.4, -0.2) is 129 Å². The summed E-state index contributed by atoms with van der Waals surface area (Å²) in [5.41, 5.74) is -0.319. The highest BCUT2D eigenvalue weighted by molar-refractivity contribution is 7.09. The number of carboxylic acid groups (broad SMARTS) is 1. The highest BCUT2D eigenvalue weighted by atomic mass is 32.1. The van der Waals surface area contributed by atoms with Gasteiger partial charge in [-0.2, -0.15) is 0 Å². The number of thiazole rings is 1. The Hall–Kier alpha value is -5.63. The molecule has 1 aliphatic heterocycles. The molecule has 0 spiro atoms. The molecule has 8 unspecified atom stereocenters. The molecule has 6 amide bonds. The van der Waals surface area contributed by atoms with E-state index in [1.54, 1.807) is 77.8 Å². The van der Waals surface area contributed by atoms with Crippen LogP contribution in [-0.2, 0) is 44.7 Å². The van der Waals surface area contributed by atoms with Crippen molar-refractivity contribution in [1.29, 1.82) is 0 Å². The summed E-state index contributed by atoms with van der Waals surface area (Å²) in [5.74, 6) is -5.13. The Morgan fingerprint density at radius 1 is 0.887 bits per heavy atom. The van der Waals surface area contributed by atoms with E-state index in [2.05, 4.69) is 31.6 Å². The maximum absolute atomic E-state index is 14.4. The lowest BCUT2D eigenvalue weighted by molar-refractivity contribution is -0.149. The van der Waals surface area contributed by atoms with Gasteiger partial charge in [-0.3, -0.25) is 38.5 Å². The Morgan fingerprint density at radius 3 is 2.04 bits per heavy atom. The summed E-state index contributed by atoms with van der Waals surface area (Å²) in [7, 11) is 3.60. The average molecular weight is 1010 g/mol. The van der Waals surface area contributed by atoms with E-state index in [9.17, 15) is 43.5 Å². The number of rotatable bonds is 24. The second-order valence-electron chi connectivity index (χ2n) is 20.9. The first-order valence-corrected chi connectivity index (χ1v) is 25.5. The summed E-state index contributed by atoms with van der Waals surface area (Å²) in [6.45, 7) is 23.5. The molecule has 396 valence electrons. The van der Waals surface area contributed by atoms with Crippen LogP contribution >= 0.6 is 11.3 Å². The molecule has 0 saturated carbocycles. The number of carboxylic acids is 1. The zero-order valence-corrected chi connectivity index (χ0v) is 45.2. The number of alkyl carbamates (subject to hydrolysis) is 1. The third-order valence-corrected chi connectivity index (χ3v) is 14.1. The minimum atomic E-state index is -1.04. The molecule has 6 N–H and O–H groups in total. The minimum Gasteiger partial charge on any atom is -0.481 e. The van der Waals surface area contributed by atoms with Crippen LogP contribution in [0, 0.1) is 23.7 Å². The molecule has 3 rings (SSSR count). The molecule has 1 fully saturated rings. The summed E-state index contributed by atoms with van der Waals surface area (Å²) >= 11 is 1.12. The van der Waals surface area contributed by atoms with Crippen molar-refractivity contribution in [3.63, 3.8) is 0 Å². The number of amides is 6. The number of carbonyl (C=O) groups excluding carboxylic acids is 7. The molecule has 9 atom stereocenters. The predicted octanol–water partition coefficient (Wildman–Crippen LogP) is 6.08. The SMILES string of the molecule is CCC(C)C(NC(=O)[C@@]1(C)CCCN1C)C(=O)N(C)C(CC(OC(C)=O)c1nc(C(=O)NC(Cc2ccc(NC(=O)C(C)NC(=O)C(NC(=O)OC(C)(C)C)C(C)C)cc2)CC(C)C(=O)O)cs1)C(C)C. The molecule has 2 aromatic rings. The fourth-order valence-electron chi connectivity index (χ4n) is 8.36. The molecule has 19 nitrogen and oxygen atoms in total. The van der Waals surface area contributed by atoms with E-state index >= 15 is 0 Å². The van der Waals surface area contributed by atoms with Crippen LogP contribution in [0.5, 0.6) is 0 Å². The summed E-state index contributed by atoms with van der Waals surface area (Å²) < 4.78 is 11.1. The number of ether oxygens (including phenoxy) is 2. The van der Waals surface area contributed by atoms with E-state index in [-0.39, 0.29) is 54.5 Å². The number of hydrogen-bond donors (Lipinski definition) is 6. The van der Waals surface area contributed by atoms with Crippen molar-refractivity contribution in [1.82, 2.24) is 36.1 Å². The Bertz CT molecular complexity index is 2180. The van der Waals surface area contributed by atoms with Crippen LogP contribution in [0.3, 0.4) is 0 Å². The van der Waals surface area contributed by atoms with E-state index in [0.717, 1.165) is 29.9 Å². The van der Waals surface area contributed by atoms with Gasteiger partial charge in [-0.05, 0) is 109 Å². The van der Waals surface area contributed by atoms with Crippen molar-refractivity contribution in [3.05, 3.63) is 45.9 Å². The van der Waals surface area contributed by atoms with Crippen molar-refractivity contribution in [2.24, 2.45) is 23.7 Å². The number of likely N-dealkylation sites (N-methyl/N-ethyl adjacent to an activating group) is 2. The standard InChI is InChI=1S/C51H80N8O11S/c1-16-30(6)41(56-48(67)51(13)22-17-23-58(51)14)46(64)59(15)38(28(2)3)26-39(69-33(9)60)45-55-37(27-71-45)43(62)54-36(24-31(7)47(65)66)25-34-18-20-35(21-19-34)53-42(61)32(8)52-44(63)40(29(4)5)57-49(68)70-50(10,11)12/h18-21,27-32,36,38-41H,16-17,22-26H2,1-15H3,(H,52,63)(H,53,61)(H,54,62)(H,56,67)(H,57,68)(H,65,66)/t30?,31?,32?,36?,38?,39?,40?,41?,51-/m1/s1. The second-order valence-corrected chi connectivity index (χ2v) is 21.8. The third-order valence-electron chi connectivity index (χ3n) is 13.1. The number of esters is 1. The zero-order chi connectivity index (χ0) is 53.7. The monoisotopic (exact) mass is 1010 g/mol. The van der Waals surface area contributed by atoms with E-state index in [1.807, 2.05) is 46.6 Å². The number of likely N-dealkylation sites (tertiary alicyclic amines) is 1. The molecule has 71 heavy (non-hydrogen) atoms. The number of hydrogen-bond acceptors (Lipinski definition) is 13. The number of aromatic nitrogens is 1. The second kappa shape index (κ2) is 26.2. The molecule has 1 saturated heterocycles. The lowest BCUT2D eigenvalue weighted by Crippen LogP contribution is -2.60. The van der Waals surface area contributed by atoms with Crippen LogP contribution in [0.4, 0.5) is 10.5 Å². The number of nitrogens with one attached hydrogen (secondary N) is 5. The lowest BCUT2D eigenvalue weighted by atomic mass is 9.91. The molecule has 0 bridgehead atoms. The first-order valence-electron chi connectivity index (χ1n) is 24.6. The minimum absolute atomic E-state index is 0.0326. The van der Waals surface area contributed by atoms with Gasteiger partial charge in [0.15, 0.2) is 6.10 Å². The highest BCUT2D eigenvalue weighted by Crippen LogP contribution is 2.32. The van der Waals surface area contributed by atoms with E-state index in [0.29, 0.717) is 23.5 Å². The molecule has 1 aromatic heterocycles. The molecule has 0 radical (unpaired) electrons. The molecular weight excluding hydrogens is 933 g/mol. The zero-order valence-electron chi connectivity index (χ0n) is 44.4. The molecule has 2 heterocycles. The van der Waals surface area contributed by atoms with Gasteiger partial charge in [0, 0.05) is 43.5 Å². The van der Waals surface area contributed by atoms with Gasteiger partial charge in [-0.25, -0.2) is 9.78 Å². The summed E-state index contributed by atoms with van der Waals surface area (Å²) in [4.78, 5) is 113. The first-order chi connectivity index (χ1) is 33.0. The van der Waals surface area contributed by atoms with Crippen molar-refractivity contribution in [2.45, 2.75) is 176 Å². The van der Waals surface area contributed by atoms with Gasteiger partial charge in [0.2, 0.25) is 23.6 Å². The number of carbonyl (C=O) groups is 8. The van der Waals surface area contributed by atoms with Gasteiger partial charge in [-0.1, -0.05) is 67.0 Å². The number of benzene rings is 1. The Morgan fingerprint density at radius 2 is 1.52 bits per heavy atom. The van der Waals surface area contributed by atoms with Crippen LogP contribution in [0.1, 0.15) is 149 Å². The van der Waals surface area contributed by atoms with Gasteiger partial charge < -0.3 is 46.1 Å². The van der Waals surface area contributed by atoms with Gasteiger partial charge in [0.1, 0.15) is 34.4 Å². The van der Waals surface area contributed by atoms with E-state index < -0.39 is 89.1 Å². The number of anilines is 1. The smallest absolute Gasteiger partial charge is 0.408 e. The fourth-order valence-corrected chi connectivity index (χ4v) is 9.20. The van der Waals surface area contributed by atoms with Crippen LogP contribution in [0.2, 0.25) is 0 Å². The highest BCUT2D eigenvalue weighted by Gasteiger charge is 2.44. The predicted molar refractivity (Wildman–Crippen MR) is 271 cm³/mol. The summed E-state index contributed by atoms with van der Waals surface area (Å²) in [6.07, 6.45) is 0.987. The molecule has 0 aliphatic carbocycles. The number of aliphatic carboxylic acids is 1. The average Bonchev–Trinajstić information content (AvgIpc) is 3.91. The molecule has 1 aromatic carbocycles.